The molecule has 4 rings (SSSR count). The van der Waals surface area contributed by atoms with Crippen molar-refractivity contribution in [3.63, 3.8) is 0 Å². The van der Waals surface area contributed by atoms with Crippen molar-refractivity contribution >= 4 is 34.9 Å². The first-order chi connectivity index (χ1) is 12.2. The Balaban J connectivity index is 1.54. The number of thiocarbonyl (C=S) groups is 1. The summed E-state index contributed by atoms with van der Waals surface area (Å²) < 4.78 is 0. The number of anilines is 3. The number of hydrogen-bond donors (Lipinski definition) is 2. The molecule has 1 saturated carbocycles. The van der Waals surface area contributed by atoms with E-state index in [0.29, 0.717) is 17.1 Å². The van der Waals surface area contributed by atoms with Crippen LogP contribution in [0.1, 0.15) is 45.4 Å². The van der Waals surface area contributed by atoms with Crippen LogP contribution in [0.2, 0.25) is 0 Å². The monoisotopic (exact) mass is 360 g/mol. The van der Waals surface area contributed by atoms with Crippen LogP contribution in [0.3, 0.4) is 0 Å². The average molecular weight is 361 g/mol. The van der Waals surface area contributed by atoms with Crippen LogP contribution in [0.5, 0.6) is 0 Å². The van der Waals surface area contributed by atoms with Gasteiger partial charge in [-0.2, -0.15) is 9.97 Å². The average Bonchev–Trinajstić information content (AvgIpc) is 3.24. The number of nitrogens with zero attached hydrogens (tertiary/aromatic N) is 4. The van der Waals surface area contributed by atoms with E-state index in [9.17, 15) is 0 Å². The first kappa shape index (κ1) is 16.8. The van der Waals surface area contributed by atoms with Gasteiger partial charge in [0.1, 0.15) is 11.6 Å². The lowest BCUT2D eigenvalue weighted by molar-refractivity contribution is 0.436. The van der Waals surface area contributed by atoms with Crippen LogP contribution in [-0.4, -0.2) is 47.3 Å². The summed E-state index contributed by atoms with van der Waals surface area (Å²) in [5.74, 6) is 3.48. The van der Waals surface area contributed by atoms with Gasteiger partial charge in [-0.25, -0.2) is 0 Å². The molecule has 0 bridgehead atoms. The van der Waals surface area contributed by atoms with Crippen molar-refractivity contribution in [3.05, 3.63) is 6.07 Å². The lowest BCUT2D eigenvalue weighted by atomic mass is 9.99. The van der Waals surface area contributed by atoms with Crippen LogP contribution in [0, 0.1) is 5.92 Å². The Kier molecular flexibility index (Phi) is 4.92. The molecule has 0 spiro atoms. The second kappa shape index (κ2) is 7.32. The summed E-state index contributed by atoms with van der Waals surface area (Å²) in [4.78, 5) is 14.3. The van der Waals surface area contributed by atoms with E-state index in [0.717, 1.165) is 43.7 Å². The van der Waals surface area contributed by atoms with Crippen molar-refractivity contribution in [1.82, 2.24) is 15.3 Å². The van der Waals surface area contributed by atoms with Crippen molar-refractivity contribution in [2.75, 3.05) is 41.3 Å². The van der Waals surface area contributed by atoms with Gasteiger partial charge in [-0.3, -0.25) is 0 Å². The second-order valence-corrected chi connectivity index (χ2v) is 8.05. The molecule has 136 valence electrons. The van der Waals surface area contributed by atoms with Gasteiger partial charge in [-0.05, 0) is 56.7 Å². The zero-order valence-corrected chi connectivity index (χ0v) is 15.8. The summed E-state index contributed by atoms with van der Waals surface area (Å²) in [7, 11) is 0. The lowest BCUT2D eigenvalue weighted by Crippen LogP contribution is -2.35. The van der Waals surface area contributed by atoms with E-state index in [1.165, 1.54) is 38.5 Å². The molecule has 1 aromatic rings. The molecule has 2 N–H and O–H groups in total. The number of aromatic nitrogens is 2. The summed E-state index contributed by atoms with van der Waals surface area (Å²) in [5.41, 5.74) is 0. The van der Waals surface area contributed by atoms with Gasteiger partial charge in [0.05, 0.1) is 0 Å². The van der Waals surface area contributed by atoms with Crippen LogP contribution in [0.15, 0.2) is 6.07 Å². The Morgan fingerprint density at radius 2 is 1.60 bits per heavy atom. The normalized spacial score (nSPS) is 21.5. The summed E-state index contributed by atoms with van der Waals surface area (Å²) in [5, 5.41) is 7.16. The summed E-state index contributed by atoms with van der Waals surface area (Å²) in [6, 6.07) is 2.69. The molecule has 1 aromatic heterocycles. The van der Waals surface area contributed by atoms with Gasteiger partial charge in [0.2, 0.25) is 5.95 Å². The standard InChI is InChI=1S/C18H28N6S/c1-13-6-10-24(11-7-13)16-12-15(23-8-2-3-9-23)20-17(21-16)22-18(25)19-14-4-5-14/h12-14H,2-11H2,1H3,(H2,19,20,21,22,25). The highest BCUT2D eigenvalue weighted by Gasteiger charge is 2.24. The fraction of sp³-hybridized carbons (Fsp3) is 0.722. The fourth-order valence-corrected chi connectivity index (χ4v) is 3.79. The second-order valence-electron chi connectivity index (χ2n) is 7.64. The number of rotatable bonds is 4. The molecule has 7 heteroatoms. The number of hydrogen-bond acceptors (Lipinski definition) is 5. The zero-order valence-electron chi connectivity index (χ0n) is 15.0. The molecule has 0 amide bonds. The van der Waals surface area contributed by atoms with Gasteiger partial charge >= 0.3 is 0 Å². The highest BCUT2D eigenvalue weighted by molar-refractivity contribution is 7.80. The Morgan fingerprint density at radius 1 is 1.00 bits per heavy atom. The third-order valence-corrected chi connectivity index (χ3v) is 5.59. The predicted molar refractivity (Wildman–Crippen MR) is 106 cm³/mol. The molecule has 3 aliphatic rings. The van der Waals surface area contributed by atoms with E-state index in [2.05, 4.69) is 33.4 Å². The molecule has 3 fully saturated rings. The molecule has 0 aromatic carbocycles. The van der Waals surface area contributed by atoms with E-state index in [-0.39, 0.29) is 0 Å². The SMILES string of the molecule is CC1CCN(c2cc(N3CCCC3)nc(NC(=S)NC3CC3)n2)CC1. The van der Waals surface area contributed by atoms with Crippen molar-refractivity contribution in [2.24, 2.45) is 5.92 Å². The summed E-state index contributed by atoms with van der Waals surface area (Å²) in [6.45, 7) is 6.64. The first-order valence-electron chi connectivity index (χ1n) is 9.64. The maximum absolute atomic E-state index is 5.42. The van der Waals surface area contributed by atoms with Gasteiger partial charge in [-0.15, -0.1) is 0 Å². The van der Waals surface area contributed by atoms with E-state index in [4.69, 9.17) is 22.2 Å². The van der Waals surface area contributed by atoms with Crippen LogP contribution in [0.25, 0.3) is 0 Å². The molecule has 2 aliphatic heterocycles. The zero-order chi connectivity index (χ0) is 17.2. The molecule has 3 heterocycles. The molecule has 25 heavy (non-hydrogen) atoms. The Labute approximate surface area is 155 Å². The van der Waals surface area contributed by atoms with Crippen molar-refractivity contribution < 1.29 is 0 Å². The maximum atomic E-state index is 5.42. The lowest BCUT2D eigenvalue weighted by Gasteiger charge is -2.32. The molecular formula is C18H28N6S. The Morgan fingerprint density at radius 3 is 2.20 bits per heavy atom. The summed E-state index contributed by atoms with van der Waals surface area (Å²) >= 11 is 5.42. The third-order valence-electron chi connectivity index (χ3n) is 5.37. The van der Waals surface area contributed by atoms with Crippen molar-refractivity contribution in [3.8, 4) is 0 Å². The van der Waals surface area contributed by atoms with Gasteiger partial charge in [0, 0.05) is 38.3 Å². The highest BCUT2D eigenvalue weighted by Crippen LogP contribution is 2.27. The fourth-order valence-electron chi connectivity index (χ4n) is 3.54. The molecule has 1 aliphatic carbocycles. The van der Waals surface area contributed by atoms with Crippen LogP contribution < -0.4 is 20.4 Å². The van der Waals surface area contributed by atoms with E-state index in [1.54, 1.807) is 0 Å². The Bertz CT molecular complexity index is 618. The largest absolute Gasteiger partial charge is 0.360 e. The molecule has 0 radical (unpaired) electrons. The van der Waals surface area contributed by atoms with Gasteiger partial charge in [0.15, 0.2) is 5.11 Å². The van der Waals surface area contributed by atoms with E-state index >= 15 is 0 Å². The van der Waals surface area contributed by atoms with Gasteiger partial charge in [0.25, 0.3) is 0 Å². The number of piperidine rings is 1. The van der Waals surface area contributed by atoms with Crippen molar-refractivity contribution in [2.45, 2.75) is 51.5 Å². The van der Waals surface area contributed by atoms with Crippen LogP contribution >= 0.6 is 12.2 Å². The third kappa shape index (κ3) is 4.32. The summed E-state index contributed by atoms with van der Waals surface area (Å²) in [6.07, 6.45) is 7.35. The smallest absolute Gasteiger partial charge is 0.232 e. The van der Waals surface area contributed by atoms with E-state index < -0.39 is 0 Å². The maximum Gasteiger partial charge on any atom is 0.232 e. The molecule has 0 unspecified atom stereocenters. The van der Waals surface area contributed by atoms with Gasteiger partial charge < -0.3 is 20.4 Å². The Hall–Kier alpha value is -1.63. The number of nitrogens with one attached hydrogen (secondary N) is 2. The van der Waals surface area contributed by atoms with Crippen LogP contribution in [0.4, 0.5) is 17.6 Å². The topological polar surface area (TPSA) is 56.3 Å². The van der Waals surface area contributed by atoms with Crippen molar-refractivity contribution in [1.29, 1.82) is 0 Å². The minimum Gasteiger partial charge on any atom is -0.360 e. The van der Waals surface area contributed by atoms with E-state index in [1.807, 2.05) is 0 Å². The molecule has 6 nitrogen and oxygen atoms in total. The molecular weight excluding hydrogens is 332 g/mol. The minimum atomic E-state index is 0.532. The highest BCUT2D eigenvalue weighted by atomic mass is 32.1. The van der Waals surface area contributed by atoms with Gasteiger partial charge in [-0.1, -0.05) is 6.92 Å². The molecule has 0 atom stereocenters. The van der Waals surface area contributed by atoms with Crippen LogP contribution in [-0.2, 0) is 0 Å². The first-order valence-corrected chi connectivity index (χ1v) is 10.0. The molecule has 2 saturated heterocycles. The minimum absolute atomic E-state index is 0.532. The quantitative estimate of drug-likeness (QED) is 0.801. The predicted octanol–water partition coefficient (Wildman–Crippen LogP) is 2.76.